The number of rotatable bonds is 7. The van der Waals surface area contributed by atoms with Crippen molar-refractivity contribution in [1.29, 1.82) is 0 Å². The summed E-state index contributed by atoms with van der Waals surface area (Å²) in [4.78, 5) is 44.1. The Morgan fingerprint density at radius 2 is 2.03 bits per heavy atom. The van der Waals surface area contributed by atoms with Gasteiger partial charge in [0.05, 0.1) is 30.2 Å². The quantitative estimate of drug-likeness (QED) is 0.575. The van der Waals surface area contributed by atoms with Crippen molar-refractivity contribution in [2.24, 2.45) is 5.92 Å². The molecule has 0 aliphatic carbocycles. The molecule has 0 N–H and O–H groups in total. The second-order valence-electron chi connectivity index (χ2n) is 8.69. The molecule has 2 aromatic rings. The number of hydrogen-bond acceptors (Lipinski definition) is 6. The van der Waals surface area contributed by atoms with Gasteiger partial charge in [-0.2, -0.15) is 0 Å². The van der Waals surface area contributed by atoms with Crippen molar-refractivity contribution in [2.75, 3.05) is 13.7 Å². The summed E-state index contributed by atoms with van der Waals surface area (Å²) in [6.07, 6.45) is 2.54. The van der Waals surface area contributed by atoms with Crippen LogP contribution in [0.5, 0.6) is 5.75 Å². The lowest BCUT2D eigenvalue weighted by Gasteiger charge is -2.28. The summed E-state index contributed by atoms with van der Waals surface area (Å²) in [7, 11) is 1.30. The Kier molecular flexibility index (Phi) is 6.51. The number of methoxy groups -OCH3 is 1. The maximum Gasteiger partial charge on any atom is 0.339 e. The third-order valence-corrected chi connectivity index (χ3v) is 6.14. The number of aromatic nitrogens is 1. The first kappa shape index (κ1) is 23.0. The minimum atomic E-state index is -0.604. The van der Waals surface area contributed by atoms with E-state index in [1.807, 2.05) is 26.0 Å². The molecule has 1 amide bonds. The molecule has 172 valence electrons. The van der Waals surface area contributed by atoms with Crippen LogP contribution >= 0.6 is 11.6 Å². The Morgan fingerprint density at radius 3 is 2.70 bits per heavy atom. The van der Waals surface area contributed by atoms with E-state index in [4.69, 9.17) is 16.3 Å². The fourth-order valence-corrected chi connectivity index (χ4v) is 4.45. The van der Waals surface area contributed by atoms with E-state index in [0.29, 0.717) is 41.4 Å². The first-order chi connectivity index (χ1) is 15.8. The molecule has 0 saturated heterocycles. The maximum absolute atomic E-state index is 13.3. The molecule has 2 aliphatic heterocycles. The van der Waals surface area contributed by atoms with Crippen molar-refractivity contribution < 1.29 is 23.9 Å². The van der Waals surface area contributed by atoms with Crippen molar-refractivity contribution in [2.45, 2.75) is 39.2 Å². The lowest BCUT2D eigenvalue weighted by molar-refractivity contribution is -0.136. The van der Waals surface area contributed by atoms with Crippen LogP contribution in [0.4, 0.5) is 0 Å². The van der Waals surface area contributed by atoms with Crippen LogP contribution in [0.15, 0.2) is 47.9 Å². The number of amides is 1. The minimum absolute atomic E-state index is 0.0558. The van der Waals surface area contributed by atoms with Gasteiger partial charge in [0.1, 0.15) is 5.75 Å². The second-order valence-corrected chi connectivity index (χ2v) is 9.10. The molecule has 0 spiro atoms. The van der Waals surface area contributed by atoms with E-state index in [-0.39, 0.29) is 29.8 Å². The monoisotopic (exact) mass is 468 g/mol. The summed E-state index contributed by atoms with van der Waals surface area (Å²) in [5, 5.41) is 0.460. The molecule has 0 unspecified atom stereocenters. The third kappa shape index (κ3) is 4.64. The van der Waals surface area contributed by atoms with Gasteiger partial charge in [-0.3, -0.25) is 14.6 Å². The van der Waals surface area contributed by atoms with Gasteiger partial charge in [-0.25, -0.2) is 4.79 Å². The molecule has 7 nitrogen and oxygen atoms in total. The normalized spacial score (nSPS) is 15.8. The van der Waals surface area contributed by atoms with E-state index in [9.17, 15) is 14.4 Å². The summed E-state index contributed by atoms with van der Waals surface area (Å²) in [6.45, 7) is 4.38. The van der Waals surface area contributed by atoms with Crippen LogP contribution in [-0.2, 0) is 27.2 Å². The largest absolute Gasteiger partial charge is 0.465 e. The van der Waals surface area contributed by atoms with Gasteiger partial charge in [0, 0.05) is 36.0 Å². The van der Waals surface area contributed by atoms with E-state index < -0.39 is 12.0 Å². The fraction of sp³-hybridized carbons (Fsp3) is 0.360. The van der Waals surface area contributed by atoms with Gasteiger partial charge < -0.3 is 14.4 Å². The highest BCUT2D eigenvalue weighted by molar-refractivity contribution is 6.32. The first-order valence-electron chi connectivity index (χ1n) is 10.8. The molecule has 3 heterocycles. The fourth-order valence-electron chi connectivity index (χ4n) is 4.22. The van der Waals surface area contributed by atoms with Gasteiger partial charge in [0.25, 0.3) is 5.91 Å². The van der Waals surface area contributed by atoms with Gasteiger partial charge >= 0.3 is 5.97 Å². The summed E-state index contributed by atoms with van der Waals surface area (Å²) >= 11 is 6.27. The molecule has 2 aliphatic rings. The highest BCUT2D eigenvalue weighted by atomic mass is 35.5. The number of ether oxygens (including phenoxy) is 2. The number of pyridine rings is 1. The average Bonchev–Trinajstić information content (AvgIpc) is 3.11. The summed E-state index contributed by atoms with van der Waals surface area (Å²) in [5.41, 5.74) is 2.63. The van der Waals surface area contributed by atoms with Gasteiger partial charge in [-0.15, -0.1) is 0 Å². The third-order valence-electron chi connectivity index (χ3n) is 5.84. The Bertz CT molecular complexity index is 1140. The molecule has 4 rings (SSSR count). The number of fused-ring (bicyclic) bond motifs is 1. The van der Waals surface area contributed by atoms with Crippen LogP contribution in [0.3, 0.4) is 0 Å². The number of ketones is 1. The summed E-state index contributed by atoms with van der Waals surface area (Å²) in [6, 6.07) is 8.12. The van der Waals surface area contributed by atoms with E-state index in [2.05, 4.69) is 9.72 Å². The Labute approximate surface area is 197 Å². The molecule has 1 atom stereocenters. The van der Waals surface area contributed by atoms with Crippen molar-refractivity contribution in [3.8, 4) is 5.75 Å². The van der Waals surface area contributed by atoms with Gasteiger partial charge in [-0.05, 0) is 30.5 Å². The number of hydrogen-bond donors (Lipinski definition) is 0. The number of carbonyl (C=O) groups is 3. The Hall–Kier alpha value is -3.19. The van der Waals surface area contributed by atoms with Gasteiger partial charge in [-0.1, -0.05) is 37.6 Å². The zero-order valence-corrected chi connectivity index (χ0v) is 19.5. The molecule has 0 radical (unpaired) electrons. The molecule has 1 aromatic carbocycles. The minimum Gasteiger partial charge on any atom is -0.465 e. The van der Waals surface area contributed by atoms with Crippen molar-refractivity contribution in [1.82, 2.24) is 9.88 Å². The zero-order chi connectivity index (χ0) is 23.7. The predicted molar refractivity (Wildman–Crippen MR) is 122 cm³/mol. The number of carbonyl (C=O) groups excluding carboxylic acids is 3. The summed E-state index contributed by atoms with van der Waals surface area (Å²) < 4.78 is 10.6. The molecular formula is C25H25ClN2O5. The summed E-state index contributed by atoms with van der Waals surface area (Å²) in [5.74, 6) is 0.104. The van der Waals surface area contributed by atoms with Gasteiger partial charge in [0.2, 0.25) is 0 Å². The van der Waals surface area contributed by atoms with Crippen molar-refractivity contribution in [3.63, 3.8) is 0 Å². The SMILES string of the molecule is COC(=O)c1ccc(CC(=O)[C@H](CC(C)C)N2CC3=C(Oc4c(Cl)cccc4C3)C2=O)nc1. The maximum atomic E-state index is 13.3. The number of para-hydroxylation sites is 1. The second kappa shape index (κ2) is 9.35. The first-order valence-corrected chi connectivity index (χ1v) is 11.2. The lowest BCUT2D eigenvalue weighted by atomic mass is 9.96. The van der Waals surface area contributed by atoms with Crippen LogP contribution in [0.1, 0.15) is 41.9 Å². The smallest absolute Gasteiger partial charge is 0.339 e. The number of nitrogens with zero attached hydrogens (tertiary/aromatic N) is 2. The number of benzene rings is 1. The van der Waals surface area contributed by atoms with Gasteiger partial charge in [0.15, 0.2) is 11.5 Å². The van der Waals surface area contributed by atoms with Crippen LogP contribution in [0, 0.1) is 5.92 Å². The number of Topliss-reactive ketones (excluding diaryl/α,β-unsaturated/α-hetero) is 1. The van der Waals surface area contributed by atoms with Crippen LogP contribution in [0.25, 0.3) is 0 Å². The average molecular weight is 469 g/mol. The highest BCUT2D eigenvalue weighted by Gasteiger charge is 2.41. The van der Waals surface area contributed by atoms with E-state index in [1.165, 1.54) is 13.3 Å². The number of esters is 1. The molecule has 1 aromatic heterocycles. The Balaban J connectivity index is 1.52. The van der Waals surface area contributed by atoms with E-state index >= 15 is 0 Å². The van der Waals surface area contributed by atoms with Crippen molar-refractivity contribution in [3.05, 3.63) is 69.7 Å². The number of halogens is 1. The molecule has 33 heavy (non-hydrogen) atoms. The van der Waals surface area contributed by atoms with Crippen LogP contribution in [0.2, 0.25) is 5.02 Å². The predicted octanol–water partition coefficient (Wildman–Crippen LogP) is 3.78. The van der Waals surface area contributed by atoms with Crippen LogP contribution in [-0.4, -0.2) is 47.2 Å². The topological polar surface area (TPSA) is 85.8 Å². The molecule has 0 fully saturated rings. The molecule has 0 saturated carbocycles. The molecular weight excluding hydrogens is 444 g/mol. The van der Waals surface area contributed by atoms with Crippen LogP contribution < -0.4 is 4.74 Å². The van der Waals surface area contributed by atoms with Crippen molar-refractivity contribution >= 4 is 29.3 Å². The molecule has 8 heteroatoms. The molecule has 0 bridgehead atoms. The lowest BCUT2D eigenvalue weighted by Crippen LogP contribution is -2.45. The highest BCUT2D eigenvalue weighted by Crippen LogP contribution is 2.39. The Morgan fingerprint density at radius 1 is 1.24 bits per heavy atom. The zero-order valence-electron chi connectivity index (χ0n) is 18.8. The van der Waals surface area contributed by atoms with E-state index in [1.54, 1.807) is 23.1 Å². The standard InChI is InChI=1S/C25H25ClN2O5/c1-14(2)9-20(21(29)11-18-8-7-16(12-27-18)25(31)32-3)28-13-17-10-15-5-4-6-19(26)22(15)33-23(17)24(28)30/h4-8,12,14,20H,9-11,13H2,1-3H3/t20-/m0/s1. The van der Waals surface area contributed by atoms with E-state index in [0.717, 1.165) is 11.1 Å².